The standard InChI is InChI=1S/C16H20N4O/c1-16(2,11-10-12-6-4-3-5-7-12)18-14-9-8-13(15(17)21)19-20-14/h3-9H,10-11H2,1-2H3,(H2,17,21)(H,18,20). The van der Waals surface area contributed by atoms with E-state index < -0.39 is 5.91 Å². The fraction of sp³-hybridized carbons (Fsp3) is 0.312. The highest BCUT2D eigenvalue weighted by molar-refractivity contribution is 5.90. The van der Waals surface area contributed by atoms with Gasteiger partial charge in [0.05, 0.1) is 0 Å². The van der Waals surface area contributed by atoms with Crippen molar-refractivity contribution in [3.63, 3.8) is 0 Å². The Hall–Kier alpha value is -2.43. The molecule has 0 saturated carbocycles. The zero-order valence-corrected chi connectivity index (χ0v) is 12.3. The highest BCUT2D eigenvalue weighted by Gasteiger charge is 2.18. The third kappa shape index (κ3) is 4.56. The summed E-state index contributed by atoms with van der Waals surface area (Å²) >= 11 is 0. The van der Waals surface area contributed by atoms with E-state index in [1.54, 1.807) is 12.1 Å². The van der Waals surface area contributed by atoms with Gasteiger partial charge in [-0.3, -0.25) is 4.79 Å². The number of nitrogens with one attached hydrogen (secondary N) is 1. The Morgan fingerprint density at radius 1 is 1.14 bits per heavy atom. The predicted molar refractivity (Wildman–Crippen MR) is 83.0 cm³/mol. The van der Waals surface area contributed by atoms with E-state index in [1.807, 2.05) is 18.2 Å². The number of carbonyl (C=O) groups is 1. The van der Waals surface area contributed by atoms with Crippen LogP contribution in [0.1, 0.15) is 36.3 Å². The van der Waals surface area contributed by atoms with Gasteiger partial charge in [0.2, 0.25) is 0 Å². The fourth-order valence-corrected chi connectivity index (χ4v) is 2.04. The molecule has 5 heteroatoms. The lowest BCUT2D eigenvalue weighted by atomic mass is 9.95. The molecule has 2 aromatic rings. The monoisotopic (exact) mass is 284 g/mol. The van der Waals surface area contributed by atoms with Gasteiger partial charge in [0.15, 0.2) is 5.69 Å². The number of aromatic nitrogens is 2. The Labute approximate surface area is 124 Å². The number of hydrogen-bond acceptors (Lipinski definition) is 4. The van der Waals surface area contributed by atoms with Crippen molar-refractivity contribution in [1.29, 1.82) is 0 Å². The molecule has 0 saturated heterocycles. The molecule has 0 aliphatic carbocycles. The molecule has 0 unspecified atom stereocenters. The molecular formula is C16H20N4O. The lowest BCUT2D eigenvalue weighted by Crippen LogP contribution is -2.32. The lowest BCUT2D eigenvalue weighted by molar-refractivity contribution is 0.0994. The average Bonchev–Trinajstić information content (AvgIpc) is 2.46. The van der Waals surface area contributed by atoms with Crippen molar-refractivity contribution < 1.29 is 4.79 Å². The molecule has 21 heavy (non-hydrogen) atoms. The molecule has 0 bridgehead atoms. The number of benzene rings is 1. The Kier molecular flexibility index (Phi) is 4.52. The van der Waals surface area contributed by atoms with Gasteiger partial charge in [0.25, 0.3) is 5.91 Å². The molecule has 1 heterocycles. The fourth-order valence-electron chi connectivity index (χ4n) is 2.04. The van der Waals surface area contributed by atoms with Crippen molar-refractivity contribution in [2.45, 2.75) is 32.2 Å². The van der Waals surface area contributed by atoms with Gasteiger partial charge in [-0.15, -0.1) is 10.2 Å². The molecule has 110 valence electrons. The number of nitrogens with zero attached hydrogens (tertiary/aromatic N) is 2. The van der Waals surface area contributed by atoms with E-state index in [9.17, 15) is 4.79 Å². The maximum atomic E-state index is 11.0. The topological polar surface area (TPSA) is 80.9 Å². The predicted octanol–water partition coefficient (Wildman–Crippen LogP) is 2.40. The van der Waals surface area contributed by atoms with Crippen LogP contribution < -0.4 is 11.1 Å². The summed E-state index contributed by atoms with van der Waals surface area (Å²) in [5.41, 5.74) is 6.49. The van der Waals surface area contributed by atoms with E-state index in [0.29, 0.717) is 5.82 Å². The molecule has 1 aromatic heterocycles. The summed E-state index contributed by atoms with van der Waals surface area (Å²) in [6.45, 7) is 4.22. The third-order valence-corrected chi connectivity index (χ3v) is 3.26. The van der Waals surface area contributed by atoms with Gasteiger partial charge in [-0.25, -0.2) is 0 Å². The second-order valence-corrected chi connectivity index (χ2v) is 5.66. The summed E-state index contributed by atoms with van der Waals surface area (Å²) in [6.07, 6.45) is 1.93. The molecule has 0 aliphatic rings. The van der Waals surface area contributed by atoms with Crippen LogP contribution in [0.2, 0.25) is 0 Å². The molecule has 5 nitrogen and oxygen atoms in total. The van der Waals surface area contributed by atoms with Crippen molar-refractivity contribution in [2.24, 2.45) is 5.73 Å². The van der Waals surface area contributed by atoms with Gasteiger partial charge in [-0.2, -0.15) is 0 Å². The smallest absolute Gasteiger partial charge is 0.269 e. The van der Waals surface area contributed by atoms with E-state index >= 15 is 0 Å². The minimum absolute atomic E-state index is 0.126. The van der Waals surface area contributed by atoms with Crippen molar-refractivity contribution >= 4 is 11.7 Å². The minimum Gasteiger partial charge on any atom is -0.364 e. The number of aryl methyl sites for hydroxylation is 1. The van der Waals surface area contributed by atoms with Crippen LogP contribution in [0.3, 0.4) is 0 Å². The van der Waals surface area contributed by atoms with Crippen LogP contribution in [0, 0.1) is 0 Å². The summed E-state index contributed by atoms with van der Waals surface area (Å²) < 4.78 is 0. The second kappa shape index (κ2) is 6.35. The Morgan fingerprint density at radius 3 is 2.43 bits per heavy atom. The van der Waals surface area contributed by atoms with E-state index in [0.717, 1.165) is 12.8 Å². The zero-order valence-electron chi connectivity index (χ0n) is 12.3. The van der Waals surface area contributed by atoms with Crippen molar-refractivity contribution in [3.05, 3.63) is 53.7 Å². The highest BCUT2D eigenvalue weighted by Crippen LogP contribution is 2.18. The number of anilines is 1. The van der Waals surface area contributed by atoms with Crippen LogP contribution in [0.25, 0.3) is 0 Å². The van der Waals surface area contributed by atoms with Gasteiger partial charge in [-0.1, -0.05) is 30.3 Å². The number of nitrogens with two attached hydrogens (primary N) is 1. The van der Waals surface area contributed by atoms with Gasteiger partial charge >= 0.3 is 0 Å². The normalized spacial score (nSPS) is 11.1. The van der Waals surface area contributed by atoms with Crippen LogP contribution in [-0.2, 0) is 6.42 Å². The van der Waals surface area contributed by atoms with Crippen LogP contribution in [0.15, 0.2) is 42.5 Å². The van der Waals surface area contributed by atoms with E-state index in [-0.39, 0.29) is 11.2 Å². The van der Waals surface area contributed by atoms with E-state index in [2.05, 4.69) is 41.5 Å². The van der Waals surface area contributed by atoms with Crippen molar-refractivity contribution in [3.8, 4) is 0 Å². The number of amides is 1. The molecule has 0 atom stereocenters. The molecule has 0 aliphatic heterocycles. The summed E-state index contributed by atoms with van der Waals surface area (Å²) in [4.78, 5) is 11.0. The highest BCUT2D eigenvalue weighted by atomic mass is 16.1. The third-order valence-electron chi connectivity index (χ3n) is 3.26. The summed E-state index contributed by atoms with van der Waals surface area (Å²) in [5, 5.41) is 11.1. The van der Waals surface area contributed by atoms with Crippen LogP contribution in [0.4, 0.5) is 5.82 Å². The summed E-state index contributed by atoms with van der Waals surface area (Å²) in [5.74, 6) is 0.0652. The average molecular weight is 284 g/mol. The lowest BCUT2D eigenvalue weighted by Gasteiger charge is -2.26. The van der Waals surface area contributed by atoms with E-state index in [1.165, 1.54) is 5.56 Å². The first-order chi connectivity index (χ1) is 9.96. The molecule has 1 aromatic carbocycles. The first-order valence-corrected chi connectivity index (χ1v) is 6.92. The van der Waals surface area contributed by atoms with Crippen molar-refractivity contribution in [2.75, 3.05) is 5.32 Å². The summed E-state index contributed by atoms with van der Waals surface area (Å²) in [7, 11) is 0. The molecule has 3 N–H and O–H groups in total. The number of hydrogen-bond donors (Lipinski definition) is 2. The molecule has 0 radical (unpaired) electrons. The molecule has 2 rings (SSSR count). The second-order valence-electron chi connectivity index (χ2n) is 5.66. The first kappa shape index (κ1) is 15.0. The van der Waals surface area contributed by atoms with Crippen LogP contribution in [0.5, 0.6) is 0 Å². The summed E-state index contributed by atoms with van der Waals surface area (Å²) in [6, 6.07) is 13.6. The molecule has 0 spiro atoms. The minimum atomic E-state index is -0.572. The zero-order chi connectivity index (χ0) is 15.3. The largest absolute Gasteiger partial charge is 0.364 e. The quantitative estimate of drug-likeness (QED) is 0.853. The van der Waals surface area contributed by atoms with Gasteiger partial charge < -0.3 is 11.1 Å². The molecule has 0 fully saturated rings. The number of primary amides is 1. The number of rotatable bonds is 6. The van der Waals surface area contributed by atoms with Gasteiger partial charge in [0.1, 0.15) is 5.82 Å². The van der Waals surface area contributed by atoms with E-state index in [4.69, 9.17) is 5.73 Å². The van der Waals surface area contributed by atoms with Crippen LogP contribution in [-0.4, -0.2) is 21.6 Å². The number of carbonyl (C=O) groups excluding carboxylic acids is 1. The molecule has 1 amide bonds. The van der Waals surface area contributed by atoms with Crippen molar-refractivity contribution in [1.82, 2.24) is 10.2 Å². The SMILES string of the molecule is CC(C)(CCc1ccccc1)Nc1ccc(C(N)=O)nn1. The van der Waals surface area contributed by atoms with Crippen LogP contribution >= 0.6 is 0 Å². The Morgan fingerprint density at radius 2 is 1.86 bits per heavy atom. The van der Waals surface area contributed by atoms with Gasteiger partial charge in [-0.05, 0) is 44.4 Å². The first-order valence-electron chi connectivity index (χ1n) is 6.92. The Bertz CT molecular complexity index is 593. The maximum absolute atomic E-state index is 11.0. The molecular weight excluding hydrogens is 264 g/mol. The van der Waals surface area contributed by atoms with Gasteiger partial charge in [0, 0.05) is 5.54 Å². The Balaban J connectivity index is 1.95. The maximum Gasteiger partial charge on any atom is 0.269 e.